The van der Waals surface area contributed by atoms with Gasteiger partial charge in [0.15, 0.2) is 5.76 Å². The van der Waals surface area contributed by atoms with Gasteiger partial charge in [0.1, 0.15) is 17.3 Å². The highest BCUT2D eigenvalue weighted by atomic mass is 19.1. The molecule has 0 spiro atoms. The van der Waals surface area contributed by atoms with Gasteiger partial charge in [0.05, 0.1) is 13.2 Å². The van der Waals surface area contributed by atoms with Crippen LogP contribution in [0.25, 0.3) is 0 Å². The summed E-state index contributed by atoms with van der Waals surface area (Å²) in [6.07, 6.45) is 3.15. The van der Waals surface area contributed by atoms with Crippen LogP contribution in [0.1, 0.15) is 60.6 Å². The van der Waals surface area contributed by atoms with Crippen LogP contribution in [-0.2, 0) is 19.6 Å². The molecular weight excluding hydrogens is 419 g/mol. The van der Waals surface area contributed by atoms with E-state index < -0.39 is 0 Å². The molecule has 33 heavy (non-hydrogen) atoms. The van der Waals surface area contributed by atoms with Gasteiger partial charge >= 0.3 is 0 Å². The Morgan fingerprint density at radius 2 is 1.76 bits per heavy atom. The van der Waals surface area contributed by atoms with Gasteiger partial charge in [0.2, 0.25) is 0 Å². The number of hydrogen-bond acceptors (Lipinski definition) is 4. The zero-order chi connectivity index (χ0) is 23.5. The molecule has 5 nitrogen and oxygen atoms in total. The molecule has 0 unspecified atom stereocenters. The molecule has 1 aromatic heterocycles. The lowest BCUT2D eigenvalue weighted by atomic mass is 10.1. The highest BCUT2D eigenvalue weighted by Gasteiger charge is 2.15. The summed E-state index contributed by atoms with van der Waals surface area (Å²) in [5, 5.41) is 2.90. The first-order valence-electron chi connectivity index (χ1n) is 11.6. The first-order valence-corrected chi connectivity index (χ1v) is 11.6. The van der Waals surface area contributed by atoms with Crippen molar-refractivity contribution < 1.29 is 18.3 Å². The van der Waals surface area contributed by atoms with Crippen LogP contribution >= 0.6 is 0 Å². The number of carbonyl (C=O) groups excluding carboxylic acids is 1. The minimum atomic E-state index is -0.256. The number of rotatable bonds is 13. The second kappa shape index (κ2) is 12.8. The third kappa shape index (κ3) is 8.06. The van der Waals surface area contributed by atoms with Gasteiger partial charge in [-0.25, -0.2) is 4.39 Å². The van der Waals surface area contributed by atoms with Gasteiger partial charge in [-0.3, -0.25) is 9.69 Å². The van der Waals surface area contributed by atoms with Gasteiger partial charge in [-0.05, 0) is 60.9 Å². The van der Waals surface area contributed by atoms with Crippen LogP contribution in [-0.4, -0.2) is 24.0 Å². The highest BCUT2D eigenvalue weighted by molar-refractivity contribution is 5.91. The molecule has 0 radical (unpaired) electrons. The lowest BCUT2D eigenvalue weighted by Crippen LogP contribution is -2.24. The van der Waals surface area contributed by atoms with E-state index in [0.29, 0.717) is 44.3 Å². The Balaban J connectivity index is 1.68. The van der Waals surface area contributed by atoms with Crippen molar-refractivity contribution >= 4 is 5.91 Å². The Labute approximate surface area is 195 Å². The van der Waals surface area contributed by atoms with E-state index in [0.717, 1.165) is 36.1 Å². The van der Waals surface area contributed by atoms with Gasteiger partial charge < -0.3 is 14.5 Å². The smallest absolute Gasteiger partial charge is 0.286 e. The number of unbranched alkanes of at least 4 members (excludes halogenated alkanes) is 2. The molecule has 176 valence electrons. The Morgan fingerprint density at radius 1 is 0.970 bits per heavy atom. The van der Waals surface area contributed by atoms with Crippen LogP contribution in [0, 0.1) is 5.82 Å². The van der Waals surface area contributed by atoms with Crippen LogP contribution in [0.3, 0.4) is 0 Å². The maximum absolute atomic E-state index is 13.7. The maximum Gasteiger partial charge on any atom is 0.286 e. The van der Waals surface area contributed by atoms with Crippen LogP contribution in [0.2, 0.25) is 0 Å². The van der Waals surface area contributed by atoms with Crippen molar-refractivity contribution in [3.05, 3.63) is 89.1 Å². The fraction of sp³-hybridized carbons (Fsp3) is 0.370. The first kappa shape index (κ1) is 24.5. The number of nitrogens with zero attached hydrogens (tertiary/aromatic N) is 1. The summed E-state index contributed by atoms with van der Waals surface area (Å²) in [6.45, 7) is 7.03. The van der Waals surface area contributed by atoms with Crippen molar-refractivity contribution in [2.45, 2.75) is 52.7 Å². The van der Waals surface area contributed by atoms with Gasteiger partial charge in [-0.2, -0.15) is 0 Å². The minimum absolute atomic E-state index is 0.194. The molecule has 0 saturated carbocycles. The van der Waals surface area contributed by atoms with Crippen LogP contribution < -0.4 is 10.1 Å². The van der Waals surface area contributed by atoms with E-state index in [1.165, 1.54) is 6.07 Å². The second-order valence-corrected chi connectivity index (χ2v) is 8.08. The Bertz CT molecular complexity index is 1000. The fourth-order valence-electron chi connectivity index (χ4n) is 3.65. The molecule has 0 saturated heterocycles. The number of benzene rings is 2. The van der Waals surface area contributed by atoms with E-state index in [4.69, 9.17) is 9.15 Å². The van der Waals surface area contributed by atoms with Crippen molar-refractivity contribution in [1.82, 2.24) is 10.2 Å². The van der Waals surface area contributed by atoms with E-state index in [-0.39, 0.29) is 11.7 Å². The number of ether oxygens (including phenoxy) is 1. The number of furan rings is 1. The lowest BCUT2D eigenvalue weighted by molar-refractivity contribution is 0.0920. The SMILES string of the molecule is CCCCCNC(=O)c1ccc(CN(Cc2ccc(OCC)cc2)Cc2cccc(F)c2)o1. The van der Waals surface area contributed by atoms with Crippen molar-refractivity contribution in [2.24, 2.45) is 0 Å². The van der Waals surface area contributed by atoms with E-state index in [1.807, 2.05) is 43.3 Å². The van der Waals surface area contributed by atoms with Gasteiger partial charge in [-0.15, -0.1) is 0 Å². The monoisotopic (exact) mass is 452 g/mol. The van der Waals surface area contributed by atoms with Crippen LogP contribution in [0.5, 0.6) is 5.75 Å². The standard InChI is InChI=1S/C27H33FN2O3/c1-3-5-6-16-29-27(31)26-15-14-25(33-26)20-30(19-22-8-7-9-23(28)17-22)18-21-10-12-24(13-11-21)32-4-2/h7-15,17H,3-6,16,18-20H2,1-2H3,(H,29,31). The molecule has 3 rings (SSSR count). The zero-order valence-corrected chi connectivity index (χ0v) is 19.5. The molecule has 0 aliphatic heterocycles. The zero-order valence-electron chi connectivity index (χ0n) is 19.5. The molecule has 3 aromatic rings. The molecule has 1 amide bonds. The summed E-state index contributed by atoms with van der Waals surface area (Å²) in [4.78, 5) is 14.5. The first-order chi connectivity index (χ1) is 16.1. The number of nitrogens with one attached hydrogen (secondary N) is 1. The molecule has 0 bridgehead atoms. The summed E-state index contributed by atoms with van der Waals surface area (Å²) < 4.78 is 25.1. The lowest BCUT2D eigenvalue weighted by Gasteiger charge is -2.22. The van der Waals surface area contributed by atoms with Crippen molar-refractivity contribution in [2.75, 3.05) is 13.2 Å². The van der Waals surface area contributed by atoms with Crippen LogP contribution in [0.15, 0.2) is 65.1 Å². The minimum Gasteiger partial charge on any atom is -0.494 e. The van der Waals surface area contributed by atoms with Gasteiger partial charge in [0.25, 0.3) is 5.91 Å². The highest BCUT2D eigenvalue weighted by Crippen LogP contribution is 2.19. The summed E-state index contributed by atoms with van der Waals surface area (Å²) in [5.74, 6) is 1.39. The summed E-state index contributed by atoms with van der Waals surface area (Å²) in [7, 11) is 0. The maximum atomic E-state index is 13.7. The molecule has 0 aliphatic carbocycles. The van der Waals surface area contributed by atoms with E-state index in [1.54, 1.807) is 18.2 Å². The average molecular weight is 453 g/mol. The molecule has 1 N–H and O–H groups in total. The molecular formula is C27H33FN2O3. The summed E-state index contributed by atoms with van der Waals surface area (Å²) >= 11 is 0. The van der Waals surface area contributed by atoms with Crippen molar-refractivity contribution in [1.29, 1.82) is 0 Å². The van der Waals surface area contributed by atoms with E-state index in [9.17, 15) is 9.18 Å². The predicted molar refractivity (Wildman–Crippen MR) is 128 cm³/mol. The van der Waals surface area contributed by atoms with Crippen LogP contribution in [0.4, 0.5) is 4.39 Å². The quantitative estimate of drug-likeness (QED) is 0.326. The Kier molecular flexibility index (Phi) is 9.51. The number of halogens is 1. The molecule has 0 atom stereocenters. The van der Waals surface area contributed by atoms with E-state index in [2.05, 4.69) is 17.1 Å². The van der Waals surface area contributed by atoms with Crippen molar-refractivity contribution in [3.63, 3.8) is 0 Å². The molecule has 0 aliphatic rings. The normalized spacial score (nSPS) is 11.0. The number of hydrogen-bond donors (Lipinski definition) is 1. The number of amides is 1. The molecule has 0 fully saturated rings. The molecule has 1 heterocycles. The Hall–Kier alpha value is -3.12. The average Bonchev–Trinajstić information content (AvgIpc) is 3.27. The van der Waals surface area contributed by atoms with Crippen molar-refractivity contribution in [3.8, 4) is 5.75 Å². The largest absolute Gasteiger partial charge is 0.494 e. The van der Waals surface area contributed by atoms with Gasteiger partial charge in [-0.1, -0.05) is 44.0 Å². The third-order valence-corrected chi connectivity index (χ3v) is 5.27. The Morgan fingerprint density at radius 3 is 2.48 bits per heavy atom. The molecule has 6 heteroatoms. The third-order valence-electron chi connectivity index (χ3n) is 5.27. The second-order valence-electron chi connectivity index (χ2n) is 8.08. The van der Waals surface area contributed by atoms with Gasteiger partial charge in [0, 0.05) is 19.6 Å². The predicted octanol–water partition coefficient (Wildman–Crippen LogP) is 5.94. The number of carbonyl (C=O) groups is 1. The summed E-state index contributed by atoms with van der Waals surface area (Å²) in [6, 6.07) is 18.1. The summed E-state index contributed by atoms with van der Waals surface area (Å²) in [5.41, 5.74) is 1.98. The topological polar surface area (TPSA) is 54.7 Å². The van der Waals surface area contributed by atoms with E-state index >= 15 is 0 Å². The molecule has 2 aromatic carbocycles. The fourth-order valence-corrected chi connectivity index (χ4v) is 3.65.